The summed E-state index contributed by atoms with van der Waals surface area (Å²) in [6.45, 7) is 3.02. The van der Waals surface area contributed by atoms with Crippen LogP contribution in [0.25, 0.3) is 0 Å². The molecule has 72 valence electrons. The van der Waals surface area contributed by atoms with Crippen LogP contribution in [0.2, 0.25) is 0 Å². The van der Waals surface area contributed by atoms with E-state index in [-0.39, 0.29) is 0 Å². The maximum Gasteiger partial charge on any atom is 0.146 e. The number of aryl methyl sites for hydroxylation is 1. The highest BCUT2D eigenvalue weighted by Crippen LogP contribution is 2.00. The highest BCUT2D eigenvalue weighted by atomic mass is 16.7. The van der Waals surface area contributed by atoms with Gasteiger partial charge in [0.1, 0.15) is 6.79 Å². The number of nitrogens with zero attached hydrogens (tertiary/aromatic N) is 1. The standard InChI is InChI=1S/C10H15NO2/c1-9-3-4-10(7-11-9)5-6-13-8-12-2/h3-4,7H,5-6,8H2,1-2H3. The third-order valence-electron chi connectivity index (χ3n) is 1.71. The van der Waals surface area contributed by atoms with E-state index in [9.17, 15) is 0 Å². The molecule has 1 rings (SSSR count). The molecule has 1 aromatic heterocycles. The quantitative estimate of drug-likeness (QED) is 0.510. The minimum Gasteiger partial charge on any atom is -0.359 e. The first kappa shape index (κ1) is 10.2. The van der Waals surface area contributed by atoms with E-state index in [1.165, 1.54) is 5.56 Å². The fraction of sp³-hybridized carbons (Fsp3) is 0.500. The number of pyridine rings is 1. The number of rotatable bonds is 5. The molecular formula is C10H15NO2. The number of methoxy groups -OCH3 is 1. The van der Waals surface area contributed by atoms with Crippen LogP contribution in [0.3, 0.4) is 0 Å². The van der Waals surface area contributed by atoms with Gasteiger partial charge in [-0.1, -0.05) is 6.07 Å². The lowest BCUT2D eigenvalue weighted by molar-refractivity contribution is -0.0291. The zero-order chi connectivity index (χ0) is 9.52. The average Bonchev–Trinajstić information content (AvgIpc) is 2.15. The van der Waals surface area contributed by atoms with Crippen molar-refractivity contribution in [1.29, 1.82) is 0 Å². The Morgan fingerprint density at radius 2 is 2.23 bits per heavy atom. The van der Waals surface area contributed by atoms with Crippen molar-refractivity contribution in [3.05, 3.63) is 29.6 Å². The topological polar surface area (TPSA) is 31.4 Å². The molecule has 0 N–H and O–H groups in total. The lowest BCUT2D eigenvalue weighted by Crippen LogP contribution is -2.01. The third kappa shape index (κ3) is 4.01. The molecule has 3 heteroatoms. The van der Waals surface area contributed by atoms with Crippen molar-refractivity contribution in [1.82, 2.24) is 4.98 Å². The van der Waals surface area contributed by atoms with E-state index in [2.05, 4.69) is 11.1 Å². The van der Waals surface area contributed by atoms with Crippen LogP contribution in [-0.4, -0.2) is 25.5 Å². The summed E-state index contributed by atoms with van der Waals surface area (Å²) in [5, 5.41) is 0. The Morgan fingerprint density at radius 3 is 2.85 bits per heavy atom. The van der Waals surface area contributed by atoms with Gasteiger partial charge in [-0.2, -0.15) is 0 Å². The van der Waals surface area contributed by atoms with Crippen molar-refractivity contribution in [2.24, 2.45) is 0 Å². The normalized spacial score (nSPS) is 10.3. The first-order valence-electron chi connectivity index (χ1n) is 4.31. The molecule has 0 aliphatic rings. The van der Waals surface area contributed by atoms with Gasteiger partial charge in [0.05, 0.1) is 6.61 Å². The monoisotopic (exact) mass is 181 g/mol. The maximum atomic E-state index is 5.17. The van der Waals surface area contributed by atoms with Crippen LogP contribution in [0.15, 0.2) is 18.3 Å². The van der Waals surface area contributed by atoms with Gasteiger partial charge < -0.3 is 9.47 Å². The number of hydrogen-bond acceptors (Lipinski definition) is 3. The Morgan fingerprint density at radius 1 is 1.38 bits per heavy atom. The Labute approximate surface area is 78.7 Å². The molecule has 0 amide bonds. The summed E-state index contributed by atoms with van der Waals surface area (Å²) in [5.41, 5.74) is 2.24. The van der Waals surface area contributed by atoms with Crippen LogP contribution in [-0.2, 0) is 15.9 Å². The van der Waals surface area contributed by atoms with Gasteiger partial charge in [-0.05, 0) is 25.0 Å². The van der Waals surface area contributed by atoms with Crippen molar-refractivity contribution < 1.29 is 9.47 Å². The van der Waals surface area contributed by atoms with Crippen molar-refractivity contribution in [2.45, 2.75) is 13.3 Å². The van der Waals surface area contributed by atoms with Gasteiger partial charge in [-0.25, -0.2) is 0 Å². The van der Waals surface area contributed by atoms with Crippen LogP contribution in [0, 0.1) is 6.92 Å². The summed E-state index contributed by atoms with van der Waals surface area (Å²) >= 11 is 0. The van der Waals surface area contributed by atoms with Crippen molar-refractivity contribution >= 4 is 0 Å². The van der Waals surface area contributed by atoms with Crippen LogP contribution in [0.4, 0.5) is 0 Å². The molecule has 1 heterocycles. The van der Waals surface area contributed by atoms with Gasteiger partial charge in [0.25, 0.3) is 0 Å². The largest absolute Gasteiger partial charge is 0.359 e. The summed E-state index contributed by atoms with van der Waals surface area (Å²) in [6.07, 6.45) is 2.77. The Bertz CT molecular complexity index is 233. The smallest absolute Gasteiger partial charge is 0.146 e. The summed E-state index contributed by atoms with van der Waals surface area (Å²) in [7, 11) is 1.62. The van der Waals surface area contributed by atoms with Gasteiger partial charge in [-0.15, -0.1) is 0 Å². The molecule has 3 nitrogen and oxygen atoms in total. The number of hydrogen-bond donors (Lipinski definition) is 0. The minimum absolute atomic E-state index is 0.360. The SMILES string of the molecule is COCOCCc1ccc(C)nc1. The number of aromatic nitrogens is 1. The van der Waals surface area contributed by atoms with Crippen LogP contribution >= 0.6 is 0 Å². The van der Waals surface area contributed by atoms with E-state index in [0.29, 0.717) is 13.4 Å². The van der Waals surface area contributed by atoms with Gasteiger partial charge in [0.2, 0.25) is 0 Å². The third-order valence-corrected chi connectivity index (χ3v) is 1.71. The highest BCUT2D eigenvalue weighted by molar-refractivity contribution is 5.13. The molecule has 1 aromatic rings. The summed E-state index contributed by atoms with van der Waals surface area (Å²) in [4.78, 5) is 4.19. The molecule has 0 aromatic carbocycles. The van der Waals surface area contributed by atoms with Crippen molar-refractivity contribution in [3.63, 3.8) is 0 Å². The van der Waals surface area contributed by atoms with E-state index < -0.39 is 0 Å². The van der Waals surface area contributed by atoms with Gasteiger partial charge in [0.15, 0.2) is 0 Å². The average molecular weight is 181 g/mol. The molecule has 0 unspecified atom stereocenters. The zero-order valence-electron chi connectivity index (χ0n) is 8.12. The fourth-order valence-corrected chi connectivity index (χ4v) is 0.979. The molecular weight excluding hydrogens is 166 g/mol. The fourth-order valence-electron chi connectivity index (χ4n) is 0.979. The molecule has 0 fully saturated rings. The van der Waals surface area contributed by atoms with E-state index in [1.54, 1.807) is 7.11 Å². The summed E-state index contributed by atoms with van der Waals surface area (Å²) < 4.78 is 9.93. The number of ether oxygens (including phenoxy) is 2. The second kappa shape index (κ2) is 5.67. The summed E-state index contributed by atoms with van der Waals surface area (Å²) in [5.74, 6) is 0. The van der Waals surface area contributed by atoms with Gasteiger partial charge in [0, 0.05) is 19.0 Å². The molecule has 0 saturated carbocycles. The molecule has 0 spiro atoms. The van der Waals surface area contributed by atoms with Gasteiger partial charge in [-0.3, -0.25) is 4.98 Å². The van der Waals surface area contributed by atoms with Crippen molar-refractivity contribution in [2.75, 3.05) is 20.5 Å². The molecule has 0 aliphatic carbocycles. The van der Waals surface area contributed by atoms with E-state index in [4.69, 9.17) is 9.47 Å². The Hall–Kier alpha value is -0.930. The lowest BCUT2D eigenvalue weighted by atomic mass is 10.2. The predicted molar refractivity (Wildman–Crippen MR) is 50.5 cm³/mol. The molecule has 0 saturated heterocycles. The van der Waals surface area contributed by atoms with Gasteiger partial charge >= 0.3 is 0 Å². The van der Waals surface area contributed by atoms with Crippen LogP contribution in [0.5, 0.6) is 0 Å². The first-order chi connectivity index (χ1) is 6.33. The predicted octanol–water partition coefficient (Wildman–Crippen LogP) is 1.55. The molecule has 0 atom stereocenters. The molecule has 0 radical (unpaired) electrons. The zero-order valence-corrected chi connectivity index (χ0v) is 8.12. The van der Waals surface area contributed by atoms with Crippen LogP contribution in [0.1, 0.15) is 11.3 Å². The molecule has 0 aliphatic heterocycles. The molecule has 13 heavy (non-hydrogen) atoms. The molecule has 0 bridgehead atoms. The second-order valence-corrected chi connectivity index (χ2v) is 2.87. The first-order valence-corrected chi connectivity index (χ1v) is 4.31. The van der Waals surface area contributed by atoms with E-state index in [1.807, 2.05) is 19.2 Å². The van der Waals surface area contributed by atoms with Crippen LogP contribution < -0.4 is 0 Å². The maximum absolute atomic E-state index is 5.17. The summed E-state index contributed by atoms with van der Waals surface area (Å²) in [6, 6.07) is 4.07. The van der Waals surface area contributed by atoms with Crippen molar-refractivity contribution in [3.8, 4) is 0 Å². The highest BCUT2D eigenvalue weighted by Gasteiger charge is 1.93. The second-order valence-electron chi connectivity index (χ2n) is 2.87. The van der Waals surface area contributed by atoms with E-state index in [0.717, 1.165) is 12.1 Å². The Kier molecular flexibility index (Phi) is 4.43. The van der Waals surface area contributed by atoms with E-state index >= 15 is 0 Å². The minimum atomic E-state index is 0.360. The lowest BCUT2D eigenvalue weighted by Gasteiger charge is -2.02. The Balaban J connectivity index is 2.25.